The predicted octanol–water partition coefficient (Wildman–Crippen LogP) is 0.512. The second-order valence-corrected chi connectivity index (χ2v) is 5.96. The Morgan fingerprint density at radius 3 is 3.19 bits per heavy atom. The van der Waals surface area contributed by atoms with Crippen molar-refractivity contribution in [1.82, 2.24) is 29.4 Å². The van der Waals surface area contributed by atoms with Crippen LogP contribution in [0.1, 0.15) is 18.2 Å². The summed E-state index contributed by atoms with van der Waals surface area (Å²) in [6, 6.07) is 0. The molecule has 1 aliphatic rings. The zero-order valence-electron chi connectivity index (χ0n) is 11.3. The van der Waals surface area contributed by atoms with Gasteiger partial charge in [-0.1, -0.05) is 11.3 Å². The topological polar surface area (TPSA) is 96.2 Å². The lowest BCUT2D eigenvalue weighted by atomic mass is 10.1. The van der Waals surface area contributed by atoms with Gasteiger partial charge < -0.3 is 15.0 Å². The zero-order chi connectivity index (χ0) is 14.2. The molecule has 110 valence electrons. The number of imidazole rings is 1. The molecule has 1 saturated heterocycles. The molecule has 21 heavy (non-hydrogen) atoms. The van der Waals surface area contributed by atoms with Crippen molar-refractivity contribution in [2.45, 2.75) is 18.9 Å². The van der Waals surface area contributed by atoms with Crippen molar-refractivity contribution in [3.05, 3.63) is 18.3 Å². The number of rotatable bonds is 4. The van der Waals surface area contributed by atoms with Crippen molar-refractivity contribution in [3.63, 3.8) is 0 Å². The van der Waals surface area contributed by atoms with Crippen LogP contribution in [0.25, 0.3) is 15.7 Å². The molecule has 0 radical (unpaired) electrons. The van der Waals surface area contributed by atoms with E-state index in [1.54, 1.807) is 6.33 Å². The van der Waals surface area contributed by atoms with Crippen LogP contribution in [0.2, 0.25) is 0 Å². The summed E-state index contributed by atoms with van der Waals surface area (Å²) in [5, 5.41) is 13.9. The second-order valence-electron chi connectivity index (χ2n) is 5.01. The smallest absolute Gasteiger partial charge is 0.235 e. The van der Waals surface area contributed by atoms with Crippen LogP contribution in [-0.4, -0.2) is 49.1 Å². The van der Waals surface area contributed by atoms with E-state index in [4.69, 9.17) is 10.5 Å². The first-order chi connectivity index (χ1) is 10.3. The molecular weight excluding hydrogens is 290 g/mol. The van der Waals surface area contributed by atoms with Gasteiger partial charge in [0.2, 0.25) is 4.96 Å². The lowest BCUT2D eigenvalue weighted by Gasteiger charge is -2.01. The SMILES string of the molecule is NCCn1cnc(-c2nn3c(C4CCOC4)nnc3s2)c1. The van der Waals surface area contributed by atoms with E-state index >= 15 is 0 Å². The molecule has 1 aliphatic heterocycles. The third-order valence-electron chi connectivity index (χ3n) is 3.55. The van der Waals surface area contributed by atoms with Crippen molar-refractivity contribution in [2.75, 3.05) is 19.8 Å². The predicted molar refractivity (Wildman–Crippen MR) is 77.1 cm³/mol. The Bertz CT molecular complexity index is 755. The molecular formula is C12H15N7OS. The molecule has 1 atom stereocenters. The average molecular weight is 305 g/mol. The molecule has 4 heterocycles. The Morgan fingerprint density at radius 2 is 2.38 bits per heavy atom. The third-order valence-corrected chi connectivity index (χ3v) is 4.47. The molecule has 0 spiro atoms. The largest absolute Gasteiger partial charge is 0.381 e. The first kappa shape index (κ1) is 12.9. The van der Waals surface area contributed by atoms with Gasteiger partial charge in [-0.3, -0.25) is 0 Å². The van der Waals surface area contributed by atoms with Crippen molar-refractivity contribution in [1.29, 1.82) is 0 Å². The van der Waals surface area contributed by atoms with Crippen LogP contribution >= 0.6 is 11.3 Å². The normalized spacial score (nSPS) is 18.8. The number of fused-ring (bicyclic) bond motifs is 1. The van der Waals surface area contributed by atoms with Gasteiger partial charge in [0.1, 0.15) is 5.69 Å². The van der Waals surface area contributed by atoms with E-state index in [-0.39, 0.29) is 5.92 Å². The van der Waals surface area contributed by atoms with Gasteiger partial charge in [0.05, 0.1) is 12.9 Å². The van der Waals surface area contributed by atoms with Crippen LogP contribution < -0.4 is 5.73 Å². The van der Waals surface area contributed by atoms with Crippen LogP contribution in [0.15, 0.2) is 12.5 Å². The zero-order valence-corrected chi connectivity index (χ0v) is 12.2. The average Bonchev–Trinajstić information content (AvgIpc) is 3.22. The third kappa shape index (κ3) is 2.23. The lowest BCUT2D eigenvalue weighted by Crippen LogP contribution is -2.07. The van der Waals surface area contributed by atoms with E-state index < -0.39 is 0 Å². The first-order valence-corrected chi connectivity index (χ1v) is 7.69. The highest BCUT2D eigenvalue weighted by atomic mass is 32.1. The molecule has 0 saturated carbocycles. The summed E-state index contributed by atoms with van der Waals surface area (Å²) in [4.78, 5) is 5.17. The number of ether oxygens (including phenoxy) is 1. The van der Waals surface area contributed by atoms with Crippen LogP contribution in [0.5, 0.6) is 0 Å². The molecule has 3 aromatic heterocycles. The molecule has 4 rings (SSSR count). The van der Waals surface area contributed by atoms with E-state index in [1.807, 2.05) is 15.3 Å². The molecule has 0 aromatic carbocycles. The monoisotopic (exact) mass is 305 g/mol. The van der Waals surface area contributed by atoms with E-state index in [0.717, 1.165) is 41.1 Å². The number of aromatic nitrogens is 6. The summed E-state index contributed by atoms with van der Waals surface area (Å²) in [5.41, 5.74) is 6.39. The van der Waals surface area contributed by atoms with Gasteiger partial charge in [0.25, 0.3) is 0 Å². The first-order valence-electron chi connectivity index (χ1n) is 6.87. The second kappa shape index (κ2) is 5.17. The van der Waals surface area contributed by atoms with Crippen molar-refractivity contribution in [3.8, 4) is 10.7 Å². The maximum atomic E-state index is 5.55. The highest BCUT2D eigenvalue weighted by Gasteiger charge is 2.25. The minimum atomic E-state index is 0.282. The Hall–Kier alpha value is -1.84. The molecule has 1 unspecified atom stereocenters. The van der Waals surface area contributed by atoms with Gasteiger partial charge >= 0.3 is 0 Å². The summed E-state index contributed by atoms with van der Waals surface area (Å²) in [6.07, 6.45) is 4.70. The van der Waals surface area contributed by atoms with Gasteiger partial charge in [0, 0.05) is 31.8 Å². The summed E-state index contributed by atoms with van der Waals surface area (Å²) in [6.45, 7) is 2.81. The van der Waals surface area contributed by atoms with Crippen LogP contribution in [0.4, 0.5) is 0 Å². The van der Waals surface area contributed by atoms with Crippen LogP contribution in [0, 0.1) is 0 Å². The number of hydrogen-bond acceptors (Lipinski definition) is 7. The lowest BCUT2D eigenvalue weighted by molar-refractivity contribution is 0.193. The maximum absolute atomic E-state index is 5.55. The Kier molecular flexibility index (Phi) is 3.17. The van der Waals surface area contributed by atoms with E-state index in [1.165, 1.54) is 11.3 Å². The summed E-state index contributed by atoms with van der Waals surface area (Å²) in [5.74, 6) is 1.16. The van der Waals surface area contributed by atoms with Gasteiger partial charge in [-0.25, -0.2) is 4.98 Å². The van der Waals surface area contributed by atoms with E-state index in [9.17, 15) is 0 Å². The number of hydrogen-bond donors (Lipinski definition) is 1. The summed E-state index contributed by atoms with van der Waals surface area (Å²) >= 11 is 1.49. The fourth-order valence-electron chi connectivity index (χ4n) is 2.47. The molecule has 0 amide bonds. The van der Waals surface area contributed by atoms with Gasteiger partial charge in [-0.05, 0) is 6.42 Å². The van der Waals surface area contributed by atoms with Gasteiger partial charge in [-0.15, -0.1) is 10.2 Å². The highest BCUT2D eigenvalue weighted by molar-refractivity contribution is 7.19. The van der Waals surface area contributed by atoms with Gasteiger partial charge in [-0.2, -0.15) is 9.61 Å². The minimum absolute atomic E-state index is 0.282. The molecule has 1 fully saturated rings. The Balaban J connectivity index is 1.69. The molecule has 0 aliphatic carbocycles. The maximum Gasteiger partial charge on any atom is 0.235 e. The quantitative estimate of drug-likeness (QED) is 0.754. The van der Waals surface area contributed by atoms with Crippen LogP contribution in [0.3, 0.4) is 0 Å². The molecule has 9 heteroatoms. The molecule has 0 bridgehead atoms. The van der Waals surface area contributed by atoms with Gasteiger partial charge in [0.15, 0.2) is 10.8 Å². The Labute approximate surface area is 124 Å². The fourth-order valence-corrected chi connectivity index (χ4v) is 3.28. The number of nitrogens with two attached hydrogens (primary N) is 1. The standard InChI is InChI=1S/C12H15N7OS/c13-2-3-18-5-9(14-7-18)11-17-19-10(8-1-4-20-6-8)15-16-12(19)21-11/h5,7-8H,1-4,6,13H2. The Morgan fingerprint density at radius 1 is 1.43 bits per heavy atom. The summed E-state index contributed by atoms with van der Waals surface area (Å²) in [7, 11) is 0. The molecule has 3 aromatic rings. The molecule has 8 nitrogen and oxygen atoms in total. The van der Waals surface area contributed by atoms with Crippen molar-refractivity contribution >= 4 is 16.3 Å². The highest BCUT2D eigenvalue weighted by Crippen LogP contribution is 2.28. The summed E-state index contributed by atoms with van der Waals surface area (Å²) < 4.78 is 9.20. The fraction of sp³-hybridized carbons (Fsp3) is 0.500. The minimum Gasteiger partial charge on any atom is -0.381 e. The van der Waals surface area contributed by atoms with Crippen LogP contribution in [-0.2, 0) is 11.3 Å². The van der Waals surface area contributed by atoms with E-state index in [0.29, 0.717) is 13.2 Å². The number of nitrogens with zero attached hydrogens (tertiary/aromatic N) is 6. The molecule has 2 N–H and O–H groups in total. The van der Waals surface area contributed by atoms with Crippen molar-refractivity contribution < 1.29 is 4.74 Å². The van der Waals surface area contributed by atoms with E-state index in [2.05, 4.69) is 20.3 Å². The van der Waals surface area contributed by atoms with Crippen molar-refractivity contribution in [2.24, 2.45) is 5.73 Å².